The predicted octanol–water partition coefficient (Wildman–Crippen LogP) is 2.80. The SMILES string of the molecule is Cc1c(N)cccc1NC(=O)CCCSC(C)CCO. The molecule has 112 valence electrons. The summed E-state index contributed by atoms with van der Waals surface area (Å²) in [6.45, 7) is 4.22. The number of nitrogen functional groups attached to an aromatic ring is 1. The summed E-state index contributed by atoms with van der Waals surface area (Å²) in [5.41, 5.74) is 8.19. The zero-order valence-corrected chi connectivity index (χ0v) is 13.0. The number of carbonyl (C=O) groups is 1. The van der Waals surface area contributed by atoms with Gasteiger partial charge in [-0.3, -0.25) is 4.79 Å². The van der Waals surface area contributed by atoms with Gasteiger partial charge in [0.15, 0.2) is 0 Å². The van der Waals surface area contributed by atoms with Gasteiger partial charge in [-0.1, -0.05) is 13.0 Å². The third-order valence-electron chi connectivity index (χ3n) is 3.14. The van der Waals surface area contributed by atoms with Crippen LogP contribution in [0.2, 0.25) is 0 Å². The summed E-state index contributed by atoms with van der Waals surface area (Å²) in [6, 6.07) is 5.52. The lowest BCUT2D eigenvalue weighted by Crippen LogP contribution is -2.13. The van der Waals surface area contributed by atoms with Crippen LogP contribution < -0.4 is 11.1 Å². The standard InChI is InChI=1S/C15H24N2O2S/c1-11(8-9-18)20-10-4-7-15(19)17-14-6-3-5-13(16)12(14)2/h3,5-6,11,18H,4,7-10,16H2,1-2H3,(H,17,19). The molecule has 0 heterocycles. The number of nitrogens with one attached hydrogen (secondary N) is 1. The molecule has 1 unspecified atom stereocenters. The number of aliphatic hydroxyl groups is 1. The van der Waals surface area contributed by atoms with E-state index in [0.717, 1.165) is 29.8 Å². The van der Waals surface area contributed by atoms with Gasteiger partial charge in [0.05, 0.1) is 0 Å². The molecular weight excluding hydrogens is 272 g/mol. The van der Waals surface area contributed by atoms with Crippen molar-refractivity contribution in [3.05, 3.63) is 23.8 Å². The van der Waals surface area contributed by atoms with Crippen LogP contribution in [0.25, 0.3) is 0 Å². The highest BCUT2D eigenvalue weighted by atomic mass is 32.2. The molecular formula is C15H24N2O2S. The first-order valence-corrected chi connectivity index (χ1v) is 7.97. The Hall–Kier alpha value is -1.20. The maximum atomic E-state index is 11.8. The van der Waals surface area contributed by atoms with Gasteiger partial charge in [0.25, 0.3) is 0 Å². The lowest BCUT2D eigenvalue weighted by Gasteiger charge is -2.11. The van der Waals surface area contributed by atoms with E-state index in [4.69, 9.17) is 10.8 Å². The van der Waals surface area contributed by atoms with E-state index in [0.29, 0.717) is 17.4 Å². The van der Waals surface area contributed by atoms with Crippen molar-refractivity contribution in [3.63, 3.8) is 0 Å². The van der Waals surface area contributed by atoms with Crippen LogP contribution >= 0.6 is 11.8 Å². The topological polar surface area (TPSA) is 75.3 Å². The Morgan fingerprint density at radius 1 is 1.50 bits per heavy atom. The number of anilines is 2. The Labute approximate surface area is 125 Å². The fraction of sp³-hybridized carbons (Fsp3) is 0.533. The number of rotatable bonds is 8. The van der Waals surface area contributed by atoms with Crippen molar-refractivity contribution in [2.75, 3.05) is 23.4 Å². The van der Waals surface area contributed by atoms with E-state index in [1.165, 1.54) is 0 Å². The van der Waals surface area contributed by atoms with Gasteiger partial charge >= 0.3 is 0 Å². The zero-order valence-electron chi connectivity index (χ0n) is 12.2. The Bertz CT molecular complexity index is 438. The second-order valence-corrected chi connectivity index (χ2v) is 6.41. The minimum atomic E-state index is 0.0223. The Morgan fingerprint density at radius 2 is 2.25 bits per heavy atom. The highest BCUT2D eigenvalue weighted by Crippen LogP contribution is 2.21. The average molecular weight is 296 g/mol. The van der Waals surface area contributed by atoms with Crippen LogP contribution in [0, 0.1) is 6.92 Å². The summed E-state index contributed by atoms with van der Waals surface area (Å²) < 4.78 is 0. The van der Waals surface area contributed by atoms with Gasteiger partial charge in [0.2, 0.25) is 5.91 Å². The van der Waals surface area contributed by atoms with Gasteiger partial charge in [-0.25, -0.2) is 0 Å². The Kier molecular flexibility index (Phi) is 7.47. The molecule has 0 aliphatic carbocycles. The molecule has 4 nitrogen and oxygen atoms in total. The first-order valence-electron chi connectivity index (χ1n) is 6.92. The summed E-state index contributed by atoms with van der Waals surface area (Å²) in [4.78, 5) is 11.8. The maximum Gasteiger partial charge on any atom is 0.224 e. The van der Waals surface area contributed by atoms with Crippen molar-refractivity contribution in [1.29, 1.82) is 0 Å². The zero-order chi connectivity index (χ0) is 15.0. The third-order valence-corrected chi connectivity index (χ3v) is 4.47. The summed E-state index contributed by atoms with van der Waals surface area (Å²) in [7, 11) is 0. The molecule has 1 aromatic rings. The molecule has 0 bridgehead atoms. The molecule has 0 aromatic heterocycles. The second kappa shape index (κ2) is 8.87. The molecule has 0 saturated carbocycles. The van der Waals surface area contributed by atoms with Crippen molar-refractivity contribution in [3.8, 4) is 0 Å². The lowest BCUT2D eigenvalue weighted by atomic mass is 10.1. The Balaban J connectivity index is 2.29. The first-order chi connectivity index (χ1) is 9.54. The van der Waals surface area contributed by atoms with Crippen molar-refractivity contribution >= 4 is 29.0 Å². The largest absolute Gasteiger partial charge is 0.398 e. The number of carbonyl (C=O) groups excluding carboxylic acids is 1. The summed E-state index contributed by atoms with van der Waals surface area (Å²) in [5, 5.41) is 12.1. The second-order valence-electron chi connectivity index (χ2n) is 4.87. The number of benzene rings is 1. The van der Waals surface area contributed by atoms with Crippen molar-refractivity contribution < 1.29 is 9.90 Å². The molecule has 1 atom stereocenters. The van der Waals surface area contributed by atoms with Gasteiger partial charge in [0.1, 0.15) is 0 Å². The minimum Gasteiger partial charge on any atom is -0.398 e. The number of hydrogen-bond donors (Lipinski definition) is 3. The average Bonchev–Trinajstić information content (AvgIpc) is 2.40. The van der Waals surface area contributed by atoms with Crippen LogP contribution in [0.15, 0.2) is 18.2 Å². The number of thioether (sulfide) groups is 1. The van der Waals surface area contributed by atoms with Crippen LogP contribution in [-0.4, -0.2) is 28.6 Å². The molecule has 0 aliphatic heterocycles. The molecule has 0 radical (unpaired) electrons. The fourth-order valence-electron chi connectivity index (χ4n) is 1.78. The summed E-state index contributed by atoms with van der Waals surface area (Å²) in [5.74, 6) is 0.957. The summed E-state index contributed by atoms with van der Waals surface area (Å²) in [6.07, 6.45) is 2.15. The predicted molar refractivity (Wildman–Crippen MR) is 87.1 cm³/mol. The maximum absolute atomic E-state index is 11.8. The van der Waals surface area contributed by atoms with Crippen LogP contribution in [0.5, 0.6) is 0 Å². The van der Waals surface area contributed by atoms with E-state index in [-0.39, 0.29) is 12.5 Å². The number of hydrogen-bond acceptors (Lipinski definition) is 4. The smallest absolute Gasteiger partial charge is 0.224 e. The van der Waals surface area contributed by atoms with Gasteiger partial charge < -0.3 is 16.2 Å². The highest BCUT2D eigenvalue weighted by molar-refractivity contribution is 7.99. The number of aliphatic hydroxyl groups excluding tert-OH is 1. The molecule has 0 spiro atoms. The quantitative estimate of drug-likeness (QED) is 0.509. The molecule has 5 heteroatoms. The third kappa shape index (κ3) is 5.84. The number of amides is 1. The molecule has 1 rings (SSSR count). The molecule has 0 aliphatic rings. The highest BCUT2D eigenvalue weighted by Gasteiger charge is 2.07. The number of nitrogens with two attached hydrogens (primary N) is 1. The van der Waals surface area contributed by atoms with E-state index in [9.17, 15) is 4.79 Å². The van der Waals surface area contributed by atoms with E-state index in [2.05, 4.69) is 12.2 Å². The van der Waals surface area contributed by atoms with Gasteiger partial charge in [-0.05, 0) is 43.2 Å². The lowest BCUT2D eigenvalue weighted by molar-refractivity contribution is -0.116. The molecule has 0 saturated heterocycles. The van der Waals surface area contributed by atoms with Gasteiger partial charge in [-0.15, -0.1) is 0 Å². The van der Waals surface area contributed by atoms with E-state index in [1.54, 1.807) is 11.8 Å². The molecule has 20 heavy (non-hydrogen) atoms. The normalized spacial score (nSPS) is 12.2. The summed E-state index contributed by atoms with van der Waals surface area (Å²) >= 11 is 1.79. The monoisotopic (exact) mass is 296 g/mol. The van der Waals surface area contributed by atoms with Gasteiger partial charge in [0, 0.05) is 29.7 Å². The van der Waals surface area contributed by atoms with E-state index >= 15 is 0 Å². The Morgan fingerprint density at radius 3 is 2.95 bits per heavy atom. The molecule has 1 aromatic carbocycles. The van der Waals surface area contributed by atoms with Crippen LogP contribution in [0.4, 0.5) is 11.4 Å². The van der Waals surface area contributed by atoms with Gasteiger partial charge in [-0.2, -0.15) is 11.8 Å². The first kappa shape index (κ1) is 16.9. The van der Waals surface area contributed by atoms with Crippen LogP contribution in [-0.2, 0) is 4.79 Å². The molecule has 4 N–H and O–H groups in total. The molecule has 1 amide bonds. The van der Waals surface area contributed by atoms with Crippen molar-refractivity contribution in [2.45, 2.75) is 38.4 Å². The minimum absolute atomic E-state index is 0.0223. The van der Waals surface area contributed by atoms with E-state index in [1.807, 2.05) is 25.1 Å². The van der Waals surface area contributed by atoms with Crippen molar-refractivity contribution in [2.24, 2.45) is 0 Å². The molecule has 0 fully saturated rings. The van der Waals surface area contributed by atoms with Crippen molar-refractivity contribution in [1.82, 2.24) is 0 Å². The van der Waals surface area contributed by atoms with Crippen LogP contribution in [0.3, 0.4) is 0 Å². The fourth-order valence-corrected chi connectivity index (χ4v) is 2.77. The van der Waals surface area contributed by atoms with E-state index < -0.39 is 0 Å². The van der Waals surface area contributed by atoms with Crippen LogP contribution in [0.1, 0.15) is 31.7 Å².